The average Bonchev–Trinajstić information content (AvgIpc) is 2.42. The Balaban J connectivity index is 2.11. The van der Waals surface area contributed by atoms with Gasteiger partial charge in [0.05, 0.1) is 16.2 Å². The zero-order valence-corrected chi connectivity index (χ0v) is 11.8. The summed E-state index contributed by atoms with van der Waals surface area (Å²) in [5.74, 6) is 0. The highest BCUT2D eigenvalue weighted by molar-refractivity contribution is 6.33. The molecule has 1 aromatic heterocycles. The highest BCUT2D eigenvalue weighted by Crippen LogP contribution is 2.32. The Hall–Kier alpha value is -2.26. The molecule has 0 aliphatic heterocycles. The summed E-state index contributed by atoms with van der Waals surface area (Å²) in [7, 11) is 0. The minimum absolute atomic E-state index is 0.699. The Labute approximate surface area is 122 Å². The Morgan fingerprint density at radius 2 is 2.00 bits per heavy atom. The lowest BCUT2D eigenvalue weighted by Gasteiger charge is -2.13. The Bertz CT molecular complexity index is 764. The van der Waals surface area contributed by atoms with Gasteiger partial charge >= 0.3 is 0 Å². The van der Waals surface area contributed by atoms with E-state index in [2.05, 4.69) is 10.3 Å². The number of para-hydroxylation sites is 1. The molecule has 0 unspecified atom stereocenters. The predicted octanol–water partition coefficient (Wildman–Crippen LogP) is 4.52. The van der Waals surface area contributed by atoms with Gasteiger partial charge in [-0.2, -0.15) is 0 Å². The van der Waals surface area contributed by atoms with Crippen LogP contribution in [0.1, 0.15) is 5.56 Å². The number of rotatable bonds is 2. The fourth-order valence-corrected chi connectivity index (χ4v) is 2.47. The average molecular weight is 284 g/mol. The molecule has 3 aromatic rings. The van der Waals surface area contributed by atoms with Crippen molar-refractivity contribution >= 4 is 39.6 Å². The number of hydrogen-bond acceptors (Lipinski definition) is 3. The summed E-state index contributed by atoms with van der Waals surface area (Å²) in [6.45, 7) is 2.02. The van der Waals surface area contributed by atoms with Crippen LogP contribution in [0.2, 0.25) is 5.02 Å². The number of aryl methyl sites for hydroxylation is 1. The summed E-state index contributed by atoms with van der Waals surface area (Å²) < 4.78 is 0. The van der Waals surface area contributed by atoms with Crippen LogP contribution in [0, 0.1) is 6.92 Å². The molecule has 2 aromatic carbocycles. The van der Waals surface area contributed by atoms with Gasteiger partial charge < -0.3 is 11.1 Å². The van der Waals surface area contributed by atoms with E-state index in [1.54, 1.807) is 6.20 Å². The van der Waals surface area contributed by atoms with Gasteiger partial charge in [-0.25, -0.2) is 0 Å². The molecular weight excluding hydrogens is 270 g/mol. The molecule has 0 saturated heterocycles. The second-order valence-corrected chi connectivity index (χ2v) is 5.10. The van der Waals surface area contributed by atoms with Crippen molar-refractivity contribution in [1.82, 2.24) is 4.98 Å². The van der Waals surface area contributed by atoms with E-state index in [0.717, 1.165) is 27.8 Å². The molecule has 3 nitrogen and oxygen atoms in total. The van der Waals surface area contributed by atoms with Crippen LogP contribution in [0.4, 0.5) is 17.1 Å². The molecule has 0 saturated carbocycles. The van der Waals surface area contributed by atoms with E-state index in [1.807, 2.05) is 49.4 Å². The first-order valence-electron chi connectivity index (χ1n) is 6.31. The van der Waals surface area contributed by atoms with Gasteiger partial charge in [0, 0.05) is 23.0 Å². The van der Waals surface area contributed by atoms with Crippen molar-refractivity contribution in [2.45, 2.75) is 6.92 Å². The Morgan fingerprint density at radius 3 is 2.80 bits per heavy atom. The normalized spacial score (nSPS) is 10.7. The number of hydrogen-bond donors (Lipinski definition) is 2. The van der Waals surface area contributed by atoms with Gasteiger partial charge in [-0.15, -0.1) is 0 Å². The molecule has 0 radical (unpaired) electrons. The molecule has 3 N–H and O–H groups in total. The highest BCUT2D eigenvalue weighted by Gasteiger charge is 2.07. The van der Waals surface area contributed by atoms with E-state index in [0.29, 0.717) is 10.7 Å². The van der Waals surface area contributed by atoms with Crippen LogP contribution >= 0.6 is 11.6 Å². The van der Waals surface area contributed by atoms with E-state index in [4.69, 9.17) is 17.3 Å². The molecule has 0 spiro atoms. The molecule has 3 rings (SSSR count). The molecule has 0 aliphatic rings. The van der Waals surface area contributed by atoms with Gasteiger partial charge in [-0.05, 0) is 42.8 Å². The third-order valence-corrected chi connectivity index (χ3v) is 3.56. The molecule has 0 amide bonds. The quantitative estimate of drug-likeness (QED) is 0.680. The molecule has 0 aliphatic carbocycles. The summed E-state index contributed by atoms with van der Waals surface area (Å²) in [6, 6.07) is 13.5. The van der Waals surface area contributed by atoms with Crippen molar-refractivity contribution in [3.8, 4) is 0 Å². The van der Waals surface area contributed by atoms with Crippen molar-refractivity contribution < 1.29 is 0 Å². The van der Waals surface area contributed by atoms with Crippen molar-refractivity contribution in [2.75, 3.05) is 11.1 Å². The first-order valence-corrected chi connectivity index (χ1v) is 6.69. The van der Waals surface area contributed by atoms with E-state index < -0.39 is 0 Å². The monoisotopic (exact) mass is 283 g/mol. The van der Waals surface area contributed by atoms with Crippen LogP contribution in [-0.2, 0) is 0 Å². The first kappa shape index (κ1) is 12.8. The third kappa shape index (κ3) is 2.28. The molecular formula is C16H14ClN3. The standard InChI is InChI=1S/C16H14ClN3/c1-10-3-2-4-13(17)16(10)20-14-7-8-19-15-9-11(18)5-6-12(14)15/h2-9H,18H2,1H3,(H,19,20). The molecule has 0 fully saturated rings. The van der Waals surface area contributed by atoms with Gasteiger partial charge in [-0.1, -0.05) is 23.7 Å². The predicted molar refractivity (Wildman–Crippen MR) is 85.6 cm³/mol. The lowest BCUT2D eigenvalue weighted by molar-refractivity contribution is 1.39. The van der Waals surface area contributed by atoms with E-state index in [-0.39, 0.29) is 0 Å². The lowest BCUT2D eigenvalue weighted by atomic mass is 10.1. The van der Waals surface area contributed by atoms with Crippen LogP contribution < -0.4 is 11.1 Å². The number of anilines is 3. The molecule has 0 bridgehead atoms. The largest absolute Gasteiger partial charge is 0.399 e. The Kier molecular flexibility index (Phi) is 3.20. The van der Waals surface area contributed by atoms with Gasteiger partial charge in [0.2, 0.25) is 0 Å². The van der Waals surface area contributed by atoms with Crippen LogP contribution in [0.25, 0.3) is 10.9 Å². The minimum atomic E-state index is 0.699. The van der Waals surface area contributed by atoms with Crippen LogP contribution in [0.5, 0.6) is 0 Å². The number of nitrogen functional groups attached to an aromatic ring is 1. The van der Waals surface area contributed by atoms with Gasteiger partial charge in [-0.3, -0.25) is 4.98 Å². The summed E-state index contributed by atoms with van der Waals surface area (Å²) in [5.41, 5.74) is 10.3. The fraction of sp³-hybridized carbons (Fsp3) is 0.0625. The number of halogens is 1. The molecule has 100 valence electrons. The van der Waals surface area contributed by atoms with Crippen LogP contribution in [0.3, 0.4) is 0 Å². The maximum absolute atomic E-state index is 6.26. The summed E-state index contributed by atoms with van der Waals surface area (Å²) >= 11 is 6.26. The number of aromatic nitrogens is 1. The van der Waals surface area contributed by atoms with Crippen molar-refractivity contribution in [3.05, 3.63) is 59.2 Å². The molecule has 0 atom stereocenters. The van der Waals surface area contributed by atoms with Gasteiger partial charge in [0.15, 0.2) is 0 Å². The molecule has 4 heteroatoms. The smallest absolute Gasteiger partial charge is 0.0743 e. The summed E-state index contributed by atoms with van der Waals surface area (Å²) in [4.78, 5) is 4.34. The first-order chi connectivity index (χ1) is 9.65. The summed E-state index contributed by atoms with van der Waals surface area (Å²) in [5, 5.41) is 5.10. The van der Waals surface area contributed by atoms with Crippen LogP contribution in [0.15, 0.2) is 48.7 Å². The van der Waals surface area contributed by atoms with E-state index in [1.165, 1.54) is 0 Å². The maximum atomic E-state index is 6.26. The maximum Gasteiger partial charge on any atom is 0.0743 e. The fourth-order valence-electron chi connectivity index (χ4n) is 2.20. The number of nitrogens with two attached hydrogens (primary N) is 1. The van der Waals surface area contributed by atoms with Gasteiger partial charge in [0.1, 0.15) is 0 Å². The third-order valence-electron chi connectivity index (χ3n) is 3.25. The Morgan fingerprint density at radius 1 is 1.15 bits per heavy atom. The van der Waals surface area contributed by atoms with Crippen molar-refractivity contribution in [3.63, 3.8) is 0 Å². The highest BCUT2D eigenvalue weighted by atomic mass is 35.5. The van der Waals surface area contributed by atoms with Crippen molar-refractivity contribution in [1.29, 1.82) is 0 Å². The second-order valence-electron chi connectivity index (χ2n) is 4.69. The number of nitrogens with zero attached hydrogens (tertiary/aromatic N) is 1. The molecule has 20 heavy (non-hydrogen) atoms. The van der Waals surface area contributed by atoms with E-state index >= 15 is 0 Å². The topological polar surface area (TPSA) is 50.9 Å². The number of pyridine rings is 1. The second kappa shape index (κ2) is 5.02. The van der Waals surface area contributed by atoms with Crippen LogP contribution in [-0.4, -0.2) is 4.98 Å². The zero-order valence-electron chi connectivity index (χ0n) is 11.0. The van der Waals surface area contributed by atoms with E-state index in [9.17, 15) is 0 Å². The molecule has 1 heterocycles. The zero-order chi connectivity index (χ0) is 14.1. The number of nitrogens with one attached hydrogen (secondary N) is 1. The van der Waals surface area contributed by atoms with Crippen molar-refractivity contribution in [2.24, 2.45) is 0 Å². The SMILES string of the molecule is Cc1cccc(Cl)c1Nc1ccnc2cc(N)ccc12. The lowest BCUT2D eigenvalue weighted by Crippen LogP contribution is -1.96. The summed E-state index contributed by atoms with van der Waals surface area (Å²) in [6.07, 6.45) is 1.76. The number of benzene rings is 2. The van der Waals surface area contributed by atoms with Gasteiger partial charge in [0.25, 0.3) is 0 Å². The number of fused-ring (bicyclic) bond motifs is 1. The minimum Gasteiger partial charge on any atom is -0.399 e.